The molecule has 18 heavy (non-hydrogen) atoms. The molecule has 2 heteroatoms. The lowest BCUT2D eigenvalue weighted by Crippen LogP contribution is -2.44. The van der Waals surface area contributed by atoms with Crippen molar-refractivity contribution in [2.75, 3.05) is 19.6 Å². The summed E-state index contributed by atoms with van der Waals surface area (Å²) in [5.41, 5.74) is 7.33. The summed E-state index contributed by atoms with van der Waals surface area (Å²) in [7, 11) is 0. The third kappa shape index (κ3) is 3.27. The minimum atomic E-state index is 0.169. The van der Waals surface area contributed by atoms with Gasteiger partial charge in [0, 0.05) is 12.1 Å². The molecule has 106 valence electrons. The van der Waals surface area contributed by atoms with Crippen LogP contribution < -0.4 is 5.73 Å². The zero-order chi connectivity index (χ0) is 13.1. The van der Waals surface area contributed by atoms with Crippen LogP contribution in [0, 0.1) is 5.41 Å². The molecule has 0 aromatic carbocycles. The van der Waals surface area contributed by atoms with Gasteiger partial charge in [-0.05, 0) is 57.0 Å². The van der Waals surface area contributed by atoms with Crippen LogP contribution in [0.4, 0.5) is 0 Å². The molecule has 2 N–H and O–H groups in total. The van der Waals surface area contributed by atoms with Gasteiger partial charge in [0.25, 0.3) is 0 Å². The minimum Gasteiger partial charge on any atom is -0.325 e. The standard InChI is InChI=1S/C16H32N2/c1-3-15(4-2)10-12-18(14-15)13-11-16(17)8-6-5-7-9-16/h3-14,17H2,1-2H3. The van der Waals surface area contributed by atoms with Crippen molar-refractivity contribution in [2.24, 2.45) is 11.1 Å². The molecule has 0 aromatic rings. The Bertz CT molecular complexity index is 252. The van der Waals surface area contributed by atoms with Crippen LogP contribution in [-0.4, -0.2) is 30.1 Å². The van der Waals surface area contributed by atoms with Crippen molar-refractivity contribution < 1.29 is 0 Å². The van der Waals surface area contributed by atoms with Crippen molar-refractivity contribution in [1.29, 1.82) is 0 Å². The first kappa shape index (κ1) is 14.3. The lowest BCUT2D eigenvalue weighted by atomic mass is 9.80. The van der Waals surface area contributed by atoms with Crippen molar-refractivity contribution in [2.45, 2.75) is 77.2 Å². The predicted octanol–water partition coefficient (Wildman–Crippen LogP) is 3.55. The number of hydrogen-bond donors (Lipinski definition) is 1. The molecule has 1 saturated carbocycles. The molecule has 1 heterocycles. The molecule has 1 aliphatic heterocycles. The number of rotatable bonds is 5. The smallest absolute Gasteiger partial charge is 0.0166 e. The second kappa shape index (κ2) is 5.92. The Hall–Kier alpha value is -0.0800. The van der Waals surface area contributed by atoms with Crippen molar-refractivity contribution in [1.82, 2.24) is 4.90 Å². The molecule has 0 atom stereocenters. The maximum Gasteiger partial charge on any atom is 0.0166 e. The maximum absolute atomic E-state index is 6.54. The van der Waals surface area contributed by atoms with Crippen molar-refractivity contribution in [3.63, 3.8) is 0 Å². The van der Waals surface area contributed by atoms with Gasteiger partial charge in [0.15, 0.2) is 0 Å². The Balaban J connectivity index is 1.78. The summed E-state index contributed by atoms with van der Waals surface area (Å²) >= 11 is 0. The summed E-state index contributed by atoms with van der Waals surface area (Å²) in [6.07, 6.45) is 11.9. The van der Waals surface area contributed by atoms with Gasteiger partial charge in [-0.2, -0.15) is 0 Å². The Morgan fingerprint density at radius 3 is 2.22 bits per heavy atom. The topological polar surface area (TPSA) is 29.3 Å². The van der Waals surface area contributed by atoms with E-state index in [1.807, 2.05) is 0 Å². The molecule has 0 aromatic heterocycles. The highest BCUT2D eigenvalue weighted by Gasteiger charge is 2.36. The number of nitrogens with two attached hydrogens (primary N) is 1. The fourth-order valence-corrected chi connectivity index (χ4v) is 3.93. The highest BCUT2D eigenvalue weighted by molar-refractivity contribution is 4.92. The van der Waals surface area contributed by atoms with Gasteiger partial charge in [0.05, 0.1) is 0 Å². The highest BCUT2D eigenvalue weighted by Crippen LogP contribution is 2.37. The highest BCUT2D eigenvalue weighted by atomic mass is 15.2. The van der Waals surface area contributed by atoms with E-state index in [2.05, 4.69) is 18.7 Å². The average molecular weight is 252 g/mol. The van der Waals surface area contributed by atoms with Crippen molar-refractivity contribution in [3.05, 3.63) is 0 Å². The van der Waals surface area contributed by atoms with Gasteiger partial charge in [0.2, 0.25) is 0 Å². The molecule has 2 rings (SSSR count). The van der Waals surface area contributed by atoms with E-state index in [0.29, 0.717) is 5.41 Å². The summed E-state index contributed by atoms with van der Waals surface area (Å²) in [6, 6.07) is 0. The van der Waals surface area contributed by atoms with E-state index in [4.69, 9.17) is 5.73 Å². The Morgan fingerprint density at radius 1 is 1.00 bits per heavy atom. The van der Waals surface area contributed by atoms with Gasteiger partial charge in [0.1, 0.15) is 0 Å². The fourth-order valence-electron chi connectivity index (χ4n) is 3.93. The fraction of sp³-hybridized carbons (Fsp3) is 1.00. The second-order valence-corrected chi connectivity index (χ2v) is 6.91. The average Bonchev–Trinajstić information content (AvgIpc) is 2.82. The summed E-state index contributed by atoms with van der Waals surface area (Å²) in [5.74, 6) is 0. The van der Waals surface area contributed by atoms with Gasteiger partial charge in [-0.1, -0.05) is 33.1 Å². The van der Waals surface area contributed by atoms with E-state index >= 15 is 0 Å². The zero-order valence-electron chi connectivity index (χ0n) is 12.5. The van der Waals surface area contributed by atoms with Crippen LogP contribution in [0.15, 0.2) is 0 Å². The number of hydrogen-bond acceptors (Lipinski definition) is 2. The lowest BCUT2D eigenvalue weighted by Gasteiger charge is -2.35. The molecule has 2 nitrogen and oxygen atoms in total. The van der Waals surface area contributed by atoms with Crippen LogP contribution in [-0.2, 0) is 0 Å². The number of likely N-dealkylation sites (tertiary alicyclic amines) is 1. The minimum absolute atomic E-state index is 0.169. The zero-order valence-corrected chi connectivity index (χ0v) is 12.5. The molecule has 1 aliphatic carbocycles. The van der Waals surface area contributed by atoms with Crippen molar-refractivity contribution >= 4 is 0 Å². The van der Waals surface area contributed by atoms with Crippen LogP contribution in [0.5, 0.6) is 0 Å². The van der Waals surface area contributed by atoms with Crippen LogP contribution in [0.1, 0.15) is 71.6 Å². The molecular formula is C16H32N2. The largest absolute Gasteiger partial charge is 0.325 e. The molecule has 0 amide bonds. The van der Waals surface area contributed by atoms with Gasteiger partial charge in [-0.25, -0.2) is 0 Å². The number of nitrogens with zero attached hydrogens (tertiary/aromatic N) is 1. The Kier molecular flexibility index (Phi) is 4.71. The van der Waals surface area contributed by atoms with Gasteiger partial charge >= 0.3 is 0 Å². The van der Waals surface area contributed by atoms with E-state index in [9.17, 15) is 0 Å². The Labute approximate surface area is 113 Å². The van der Waals surface area contributed by atoms with E-state index in [1.165, 1.54) is 77.4 Å². The Morgan fingerprint density at radius 2 is 1.67 bits per heavy atom. The van der Waals surface area contributed by atoms with Crippen LogP contribution in [0.2, 0.25) is 0 Å². The summed E-state index contributed by atoms with van der Waals surface area (Å²) in [6.45, 7) is 8.57. The molecule has 0 spiro atoms. The molecule has 0 radical (unpaired) electrons. The van der Waals surface area contributed by atoms with Gasteiger partial charge < -0.3 is 10.6 Å². The quantitative estimate of drug-likeness (QED) is 0.811. The molecule has 2 fully saturated rings. The molecular weight excluding hydrogens is 220 g/mol. The van der Waals surface area contributed by atoms with E-state index in [1.54, 1.807) is 0 Å². The first-order valence-corrected chi connectivity index (χ1v) is 8.13. The third-order valence-corrected chi connectivity index (χ3v) is 5.79. The molecule has 1 saturated heterocycles. The first-order chi connectivity index (χ1) is 8.61. The van der Waals surface area contributed by atoms with Gasteiger partial charge in [-0.3, -0.25) is 0 Å². The van der Waals surface area contributed by atoms with Crippen LogP contribution in [0.25, 0.3) is 0 Å². The van der Waals surface area contributed by atoms with Gasteiger partial charge in [-0.15, -0.1) is 0 Å². The summed E-state index contributed by atoms with van der Waals surface area (Å²) in [4.78, 5) is 2.68. The molecule has 0 unspecified atom stereocenters. The van der Waals surface area contributed by atoms with Crippen molar-refractivity contribution in [3.8, 4) is 0 Å². The van der Waals surface area contributed by atoms with E-state index in [0.717, 1.165) is 0 Å². The second-order valence-electron chi connectivity index (χ2n) is 6.91. The third-order valence-electron chi connectivity index (χ3n) is 5.79. The molecule has 0 bridgehead atoms. The van der Waals surface area contributed by atoms with E-state index in [-0.39, 0.29) is 5.54 Å². The predicted molar refractivity (Wildman–Crippen MR) is 78.7 cm³/mol. The maximum atomic E-state index is 6.54. The van der Waals surface area contributed by atoms with E-state index < -0.39 is 0 Å². The van der Waals surface area contributed by atoms with Crippen LogP contribution >= 0.6 is 0 Å². The van der Waals surface area contributed by atoms with Crippen LogP contribution in [0.3, 0.4) is 0 Å². The summed E-state index contributed by atoms with van der Waals surface area (Å²) in [5, 5.41) is 0. The monoisotopic (exact) mass is 252 g/mol. The normalized spacial score (nSPS) is 27.5. The SMILES string of the molecule is CCC1(CC)CCN(CCC2(N)CCCCC2)C1. The lowest BCUT2D eigenvalue weighted by molar-refractivity contribution is 0.204. The molecule has 2 aliphatic rings. The summed E-state index contributed by atoms with van der Waals surface area (Å²) < 4.78 is 0. The first-order valence-electron chi connectivity index (χ1n) is 8.13.